The Balaban J connectivity index is 2.59. The largest absolute Gasteiger partial charge is 0.491 e. The van der Waals surface area contributed by atoms with Crippen LogP contribution in [0.3, 0.4) is 0 Å². The molecule has 0 amide bonds. The Morgan fingerprint density at radius 3 is 2.88 bits per heavy atom. The predicted molar refractivity (Wildman–Crippen MR) is 60.0 cm³/mol. The number of carboxylic acid groups (broad SMARTS) is 1. The Morgan fingerprint density at radius 1 is 1.50 bits per heavy atom. The summed E-state index contributed by atoms with van der Waals surface area (Å²) in [6, 6.07) is 6.47. The third-order valence-corrected chi connectivity index (χ3v) is 2.15. The molecule has 0 aromatic heterocycles. The van der Waals surface area contributed by atoms with E-state index in [1.165, 1.54) is 12.1 Å². The molecular weight excluding hydrogens is 208 g/mol. The van der Waals surface area contributed by atoms with E-state index in [1.807, 2.05) is 6.92 Å². The summed E-state index contributed by atoms with van der Waals surface area (Å²) >= 11 is 0. The van der Waals surface area contributed by atoms with Gasteiger partial charge < -0.3 is 14.6 Å². The lowest BCUT2D eigenvalue weighted by molar-refractivity contribution is 0.0695. The molecule has 16 heavy (non-hydrogen) atoms. The van der Waals surface area contributed by atoms with E-state index >= 15 is 0 Å². The molecule has 1 N–H and O–H groups in total. The number of hydrogen-bond donors (Lipinski definition) is 1. The van der Waals surface area contributed by atoms with E-state index in [4.69, 9.17) is 14.6 Å². The summed E-state index contributed by atoms with van der Waals surface area (Å²) in [5, 5.41) is 8.81. The van der Waals surface area contributed by atoms with Crippen molar-refractivity contribution in [3.63, 3.8) is 0 Å². The zero-order valence-corrected chi connectivity index (χ0v) is 9.47. The number of hydrogen-bond acceptors (Lipinski definition) is 3. The fourth-order valence-corrected chi connectivity index (χ4v) is 1.28. The fraction of sp³-hybridized carbons (Fsp3) is 0.417. The van der Waals surface area contributed by atoms with E-state index in [1.54, 1.807) is 19.2 Å². The van der Waals surface area contributed by atoms with E-state index < -0.39 is 5.97 Å². The summed E-state index contributed by atoms with van der Waals surface area (Å²) in [4.78, 5) is 10.7. The van der Waals surface area contributed by atoms with Gasteiger partial charge in [-0.05, 0) is 25.1 Å². The van der Waals surface area contributed by atoms with Crippen LogP contribution in [0.1, 0.15) is 23.7 Å². The molecule has 0 spiro atoms. The number of rotatable bonds is 6. The van der Waals surface area contributed by atoms with Crippen molar-refractivity contribution in [2.75, 3.05) is 13.7 Å². The van der Waals surface area contributed by atoms with Crippen molar-refractivity contribution in [1.29, 1.82) is 0 Å². The molecule has 1 aromatic rings. The summed E-state index contributed by atoms with van der Waals surface area (Å²) in [5.74, 6) is -0.376. The minimum absolute atomic E-state index is 0.00370. The minimum Gasteiger partial charge on any atom is -0.491 e. The third-order valence-electron chi connectivity index (χ3n) is 2.15. The highest BCUT2D eigenvalue weighted by Crippen LogP contribution is 2.15. The highest BCUT2D eigenvalue weighted by atomic mass is 16.5. The lowest BCUT2D eigenvalue weighted by Gasteiger charge is -2.14. The van der Waals surface area contributed by atoms with Crippen LogP contribution in [-0.2, 0) is 4.74 Å². The molecule has 1 atom stereocenters. The van der Waals surface area contributed by atoms with Gasteiger partial charge in [0.1, 0.15) is 5.75 Å². The number of carbonyl (C=O) groups is 1. The van der Waals surface area contributed by atoms with Crippen LogP contribution in [0.15, 0.2) is 24.3 Å². The molecule has 1 aromatic carbocycles. The van der Waals surface area contributed by atoms with Crippen LogP contribution in [0.4, 0.5) is 0 Å². The molecule has 0 saturated heterocycles. The van der Waals surface area contributed by atoms with Crippen LogP contribution < -0.4 is 4.74 Å². The van der Waals surface area contributed by atoms with Crippen molar-refractivity contribution in [1.82, 2.24) is 0 Å². The standard InChI is InChI=1S/C12H16O4/c1-9(6-7-15-2)16-11-5-3-4-10(8-11)12(13)14/h3-5,8-9H,6-7H2,1-2H3,(H,13,14). The molecule has 0 aliphatic rings. The highest BCUT2D eigenvalue weighted by molar-refractivity contribution is 5.87. The van der Waals surface area contributed by atoms with E-state index in [0.29, 0.717) is 12.4 Å². The first-order valence-electron chi connectivity index (χ1n) is 5.12. The van der Waals surface area contributed by atoms with Gasteiger partial charge in [0.2, 0.25) is 0 Å². The second-order valence-corrected chi connectivity index (χ2v) is 3.54. The monoisotopic (exact) mass is 224 g/mol. The number of methoxy groups -OCH3 is 1. The number of ether oxygens (including phenoxy) is 2. The summed E-state index contributed by atoms with van der Waals surface area (Å²) in [5.41, 5.74) is 0.233. The Morgan fingerprint density at radius 2 is 2.25 bits per heavy atom. The quantitative estimate of drug-likeness (QED) is 0.804. The summed E-state index contributed by atoms with van der Waals surface area (Å²) in [6.45, 7) is 2.55. The van der Waals surface area contributed by atoms with Gasteiger partial charge in [0.15, 0.2) is 0 Å². The van der Waals surface area contributed by atoms with Crippen LogP contribution in [0, 0.1) is 0 Å². The molecule has 0 aliphatic heterocycles. The van der Waals surface area contributed by atoms with Gasteiger partial charge in [-0.25, -0.2) is 4.79 Å². The van der Waals surface area contributed by atoms with Crippen LogP contribution in [0.2, 0.25) is 0 Å². The molecule has 88 valence electrons. The SMILES string of the molecule is COCCC(C)Oc1cccc(C(=O)O)c1. The number of aromatic carboxylic acids is 1. The Labute approximate surface area is 94.8 Å². The molecular formula is C12H16O4. The summed E-state index contributed by atoms with van der Waals surface area (Å²) < 4.78 is 10.5. The van der Waals surface area contributed by atoms with Gasteiger partial charge in [-0.3, -0.25) is 0 Å². The van der Waals surface area contributed by atoms with Gasteiger partial charge in [0, 0.05) is 20.1 Å². The van der Waals surface area contributed by atoms with E-state index in [-0.39, 0.29) is 11.7 Å². The van der Waals surface area contributed by atoms with Crippen molar-refractivity contribution in [2.24, 2.45) is 0 Å². The normalized spacial score (nSPS) is 12.1. The molecule has 0 saturated carbocycles. The van der Waals surface area contributed by atoms with Crippen LogP contribution in [0.5, 0.6) is 5.75 Å². The smallest absolute Gasteiger partial charge is 0.335 e. The Hall–Kier alpha value is -1.55. The van der Waals surface area contributed by atoms with Crippen molar-refractivity contribution >= 4 is 5.97 Å². The maximum absolute atomic E-state index is 10.7. The van der Waals surface area contributed by atoms with Crippen LogP contribution in [-0.4, -0.2) is 30.9 Å². The average molecular weight is 224 g/mol. The van der Waals surface area contributed by atoms with Gasteiger partial charge >= 0.3 is 5.97 Å². The molecule has 4 heteroatoms. The lowest BCUT2D eigenvalue weighted by atomic mass is 10.2. The van der Waals surface area contributed by atoms with Gasteiger partial charge in [0.25, 0.3) is 0 Å². The first-order chi connectivity index (χ1) is 7.63. The molecule has 0 heterocycles. The van der Waals surface area contributed by atoms with Crippen molar-refractivity contribution < 1.29 is 19.4 Å². The number of benzene rings is 1. The Bertz CT molecular complexity index is 349. The van der Waals surface area contributed by atoms with Gasteiger partial charge in [-0.1, -0.05) is 6.07 Å². The molecule has 1 unspecified atom stereocenters. The zero-order valence-electron chi connectivity index (χ0n) is 9.47. The maximum Gasteiger partial charge on any atom is 0.335 e. The zero-order chi connectivity index (χ0) is 12.0. The van der Waals surface area contributed by atoms with Crippen LogP contribution in [0.25, 0.3) is 0 Å². The second-order valence-electron chi connectivity index (χ2n) is 3.54. The minimum atomic E-state index is -0.949. The van der Waals surface area contributed by atoms with E-state index in [2.05, 4.69) is 0 Å². The first-order valence-corrected chi connectivity index (χ1v) is 5.12. The van der Waals surface area contributed by atoms with Crippen LogP contribution >= 0.6 is 0 Å². The highest BCUT2D eigenvalue weighted by Gasteiger charge is 2.07. The van der Waals surface area contributed by atoms with Gasteiger partial charge in [0.05, 0.1) is 11.7 Å². The molecule has 1 rings (SSSR count). The topological polar surface area (TPSA) is 55.8 Å². The predicted octanol–water partition coefficient (Wildman–Crippen LogP) is 2.19. The maximum atomic E-state index is 10.7. The molecule has 0 radical (unpaired) electrons. The van der Waals surface area contributed by atoms with Crippen molar-refractivity contribution in [3.05, 3.63) is 29.8 Å². The van der Waals surface area contributed by atoms with Gasteiger partial charge in [-0.15, -0.1) is 0 Å². The molecule has 0 bridgehead atoms. The third kappa shape index (κ3) is 3.90. The van der Waals surface area contributed by atoms with Crippen molar-refractivity contribution in [3.8, 4) is 5.75 Å². The number of carboxylic acids is 1. The summed E-state index contributed by atoms with van der Waals surface area (Å²) in [6.07, 6.45) is 0.775. The second kappa shape index (κ2) is 6.12. The van der Waals surface area contributed by atoms with Crippen molar-refractivity contribution in [2.45, 2.75) is 19.4 Å². The summed E-state index contributed by atoms with van der Waals surface area (Å²) in [7, 11) is 1.64. The molecule has 0 aliphatic carbocycles. The average Bonchev–Trinajstić information content (AvgIpc) is 2.26. The van der Waals surface area contributed by atoms with E-state index in [9.17, 15) is 4.79 Å². The fourth-order valence-electron chi connectivity index (χ4n) is 1.28. The Kier molecular flexibility index (Phi) is 4.79. The molecule has 4 nitrogen and oxygen atoms in total. The molecule has 0 fully saturated rings. The van der Waals surface area contributed by atoms with E-state index in [0.717, 1.165) is 6.42 Å². The first kappa shape index (κ1) is 12.5. The lowest BCUT2D eigenvalue weighted by Crippen LogP contribution is -2.14. The van der Waals surface area contributed by atoms with Gasteiger partial charge in [-0.2, -0.15) is 0 Å².